The van der Waals surface area contributed by atoms with Gasteiger partial charge in [-0.15, -0.1) is 0 Å². The summed E-state index contributed by atoms with van der Waals surface area (Å²) in [5, 5.41) is 3.16. The summed E-state index contributed by atoms with van der Waals surface area (Å²) in [6, 6.07) is 18.3. The van der Waals surface area contributed by atoms with Crippen LogP contribution in [0.1, 0.15) is 18.1 Å². The van der Waals surface area contributed by atoms with Gasteiger partial charge in [0.15, 0.2) is 6.10 Å². The number of halogens is 1. The summed E-state index contributed by atoms with van der Waals surface area (Å²) in [5.41, 5.74) is 2.72. The van der Waals surface area contributed by atoms with Gasteiger partial charge in [-0.1, -0.05) is 35.4 Å². The lowest BCUT2D eigenvalue weighted by Gasteiger charge is -2.15. The highest BCUT2D eigenvalue weighted by Crippen LogP contribution is 2.24. The molecule has 1 amide bonds. The fraction of sp³-hybridized carbons (Fsp3) is 0.174. The van der Waals surface area contributed by atoms with E-state index in [1.807, 2.05) is 19.1 Å². The van der Waals surface area contributed by atoms with Crippen LogP contribution < -0.4 is 14.8 Å². The van der Waals surface area contributed by atoms with E-state index < -0.39 is 16.1 Å². The molecule has 8 heteroatoms. The molecule has 0 saturated heterocycles. The first-order valence-corrected chi connectivity index (χ1v) is 11.4. The van der Waals surface area contributed by atoms with Crippen molar-refractivity contribution < 1.29 is 17.9 Å². The van der Waals surface area contributed by atoms with Crippen molar-refractivity contribution in [2.24, 2.45) is 0 Å². The lowest BCUT2D eigenvalue weighted by atomic mass is 10.2. The Labute approximate surface area is 187 Å². The number of rotatable bonds is 7. The van der Waals surface area contributed by atoms with Gasteiger partial charge in [-0.3, -0.25) is 9.52 Å². The Morgan fingerprint density at radius 1 is 0.968 bits per heavy atom. The summed E-state index contributed by atoms with van der Waals surface area (Å²) in [6.45, 7) is 5.40. The minimum Gasteiger partial charge on any atom is -0.481 e. The lowest BCUT2D eigenvalue weighted by molar-refractivity contribution is -0.122. The Morgan fingerprint density at radius 3 is 2.26 bits per heavy atom. The second kappa shape index (κ2) is 9.41. The first-order valence-electron chi connectivity index (χ1n) is 9.57. The van der Waals surface area contributed by atoms with Crippen LogP contribution in [0.3, 0.4) is 0 Å². The molecule has 3 aromatic rings. The minimum absolute atomic E-state index is 0.0637. The fourth-order valence-electron chi connectivity index (χ4n) is 2.74. The van der Waals surface area contributed by atoms with Crippen LogP contribution in [0.25, 0.3) is 0 Å². The number of carbonyl (C=O) groups excluding carboxylic acids is 1. The summed E-state index contributed by atoms with van der Waals surface area (Å²) in [7, 11) is -3.80. The first-order chi connectivity index (χ1) is 14.6. The molecule has 6 nitrogen and oxygen atoms in total. The van der Waals surface area contributed by atoms with Gasteiger partial charge >= 0.3 is 0 Å². The van der Waals surface area contributed by atoms with E-state index in [0.29, 0.717) is 22.1 Å². The summed E-state index contributed by atoms with van der Waals surface area (Å²) < 4.78 is 33.5. The highest BCUT2D eigenvalue weighted by molar-refractivity contribution is 7.92. The fourth-order valence-corrected chi connectivity index (χ4v) is 4.04. The highest BCUT2D eigenvalue weighted by atomic mass is 35.5. The molecule has 0 radical (unpaired) electrons. The molecule has 0 saturated carbocycles. The molecule has 162 valence electrons. The normalized spacial score (nSPS) is 12.1. The van der Waals surface area contributed by atoms with E-state index in [4.69, 9.17) is 16.3 Å². The number of ether oxygens (including phenoxy) is 1. The zero-order chi connectivity index (χ0) is 22.6. The smallest absolute Gasteiger partial charge is 0.265 e. The molecule has 31 heavy (non-hydrogen) atoms. The van der Waals surface area contributed by atoms with E-state index in [9.17, 15) is 13.2 Å². The average Bonchev–Trinajstić information content (AvgIpc) is 2.72. The molecule has 3 aromatic carbocycles. The minimum atomic E-state index is -3.80. The summed E-state index contributed by atoms with van der Waals surface area (Å²) >= 11 is 5.96. The molecule has 2 N–H and O–H groups in total. The third-order valence-corrected chi connectivity index (χ3v) is 6.20. The van der Waals surface area contributed by atoms with E-state index in [-0.39, 0.29) is 10.8 Å². The number of anilines is 2. The van der Waals surface area contributed by atoms with Crippen LogP contribution >= 0.6 is 11.6 Å². The zero-order valence-electron chi connectivity index (χ0n) is 17.3. The van der Waals surface area contributed by atoms with Crippen LogP contribution in [-0.4, -0.2) is 20.4 Å². The number of hydrogen-bond acceptors (Lipinski definition) is 4. The predicted molar refractivity (Wildman–Crippen MR) is 123 cm³/mol. The van der Waals surface area contributed by atoms with E-state index in [2.05, 4.69) is 10.0 Å². The monoisotopic (exact) mass is 458 g/mol. The van der Waals surface area contributed by atoms with Gasteiger partial charge in [-0.25, -0.2) is 8.42 Å². The average molecular weight is 459 g/mol. The molecule has 0 unspecified atom stereocenters. The quantitative estimate of drug-likeness (QED) is 0.512. The molecule has 0 bridgehead atoms. The van der Waals surface area contributed by atoms with Gasteiger partial charge in [0.25, 0.3) is 15.9 Å². The van der Waals surface area contributed by atoms with Crippen LogP contribution in [0, 0.1) is 13.8 Å². The van der Waals surface area contributed by atoms with Crippen LogP contribution in [0.2, 0.25) is 5.02 Å². The highest BCUT2D eigenvalue weighted by Gasteiger charge is 2.18. The SMILES string of the molecule is Cc1ccc(O[C@H](C)C(=O)Nc2ccc(S(=O)(=O)Nc3cc(Cl)ccc3C)cc2)cc1. The number of aryl methyl sites for hydroxylation is 2. The Morgan fingerprint density at radius 2 is 1.61 bits per heavy atom. The predicted octanol–water partition coefficient (Wildman–Crippen LogP) is 5.16. The van der Waals surface area contributed by atoms with Crippen molar-refractivity contribution in [1.82, 2.24) is 0 Å². The van der Waals surface area contributed by atoms with Gasteiger partial charge in [0, 0.05) is 10.7 Å². The number of nitrogens with one attached hydrogen (secondary N) is 2. The maximum absolute atomic E-state index is 12.7. The molecule has 0 aliphatic carbocycles. The molecular weight excluding hydrogens is 436 g/mol. The summed E-state index contributed by atoms with van der Waals surface area (Å²) in [4.78, 5) is 12.5. The van der Waals surface area contributed by atoms with Crippen molar-refractivity contribution in [3.05, 3.63) is 82.9 Å². The van der Waals surface area contributed by atoms with Crippen molar-refractivity contribution in [2.75, 3.05) is 10.0 Å². The van der Waals surface area contributed by atoms with Gasteiger partial charge in [-0.2, -0.15) is 0 Å². The second-order valence-electron chi connectivity index (χ2n) is 7.15. The van der Waals surface area contributed by atoms with Crippen LogP contribution in [-0.2, 0) is 14.8 Å². The Kier molecular flexibility index (Phi) is 6.87. The van der Waals surface area contributed by atoms with Gasteiger partial charge in [0.05, 0.1) is 10.6 Å². The van der Waals surface area contributed by atoms with Crippen molar-refractivity contribution in [1.29, 1.82) is 0 Å². The van der Waals surface area contributed by atoms with Crippen molar-refractivity contribution in [2.45, 2.75) is 31.8 Å². The third-order valence-electron chi connectivity index (χ3n) is 4.58. The van der Waals surface area contributed by atoms with Gasteiger partial charge in [0.2, 0.25) is 0 Å². The molecule has 0 fully saturated rings. The van der Waals surface area contributed by atoms with Crippen LogP contribution in [0.5, 0.6) is 5.75 Å². The molecule has 0 aromatic heterocycles. The van der Waals surface area contributed by atoms with Crippen LogP contribution in [0.4, 0.5) is 11.4 Å². The molecule has 1 atom stereocenters. The van der Waals surface area contributed by atoms with E-state index in [1.165, 1.54) is 24.3 Å². The van der Waals surface area contributed by atoms with E-state index in [1.54, 1.807) is 44.2 Å². The number of carbonyl (C=O) groups is 1. The number of amides is 1. The maximum atomic E-state index is 12.7. The third kappa shape index (κ3) is 5.99. The maximum Gasteiger partial charge on any atom is 0.265 e. The Bertz CT molecular complexity index is 1180. The second-order valence-corrected chi connectivity index (χ2v) is 9.27. The van der Waals surface area contributed by atoms with Crippen molar-refractivity contribution in [3.63, 3.8) is 0 Å². The van der Waals surface area contributed by atoms with Gasteiger partial charge in [-0.05, 0) is 74.9 Å². The molecule has 0 spiro atoms. The topological polar surface area (TPSA) is 84.5 Å². The molecule has 0 aliphatic heterocycles. The number of hydrogen-bond donors (Lipinski definition) is 2. The largest absolute Gasteiger partial charge is 0.481 e. The number of benzene rings is 3. The Balaban J connectivity index is 1.65. The molecular formula is C23H23ClN2O4S. The molecule has 0 aliphatic rings. The van der Waals surface area contributed by atoms with Crippen molar-refractivity contribution in [3.8, 4) is 5.75 Å². The Hall–Kier alpha value is -3.03. The van der Waals surface area contributed by atoms with Crippen LogP contribution in [0.15, 0.2) is 71.6 Å². The molecule has 0 heterocycles. The molecule has 3 rings (SSSR count). The van der Waals surface area contributed by atoms with Gasteiger partial charge < -0.3 is 10.1 Å². The van der Waals surface area contributed by atoms with Gasteiger partial charge in [0.1, 0.15) is 5.75 Å². The van der Waals surface area contributed by atoms with E-state index in [0.717, 1.165) is 11.1 Å². The van der Waals surface area contributed by atoms with Crippen molar-refractivity contribution >= 4 is 38.9 Å². The lowest BCUT2D eigenvalue weighted by Crippen LogP contribution is -2.30. The summed E-state index contributed by atoms with van der Waals surface area (Å²) in [5.74, 6) is 0.251. The number of sulfonamides is 1. The first kappa shape index (κ1) is 22.7. The standard InChI is InChI=1S/C23H23ClN2O4S/c1-15-4-10-20(11-5-15)30-17(3)23(27)25-19-8-12-21(13-9-19)31(28,29)26-22-14-18(24)7-6-16(22)2/h4-14,17,26H,1-3H3,(H,25,27)/t17-/m1/s1. The van der Waals surface area contributed by atoms with E-state index >= 15 is 0 Å². The summed E-state index contributed by atoms with van der Waals surface area (Å²) in [6.07, 6.45) is -0.724. The zero-order valence-corrected chi connectivity index (χ0v) is 18.9.